The largest absolute Gasteiger partial charge is 0.459 e. The van der Waals surface area contributed by atoms with Gasteiger partial charge >= 0.3 is 0 Å². The minimum Gasteiger partial charge on any atom is -0.459 e. The second-order valence-corrected chi connectivity index (χ2v) is 8.93. The second kappa shape index (κ2) is 7.06. The molecule has 3 aromatic carbocycles. The fraction of sp³-hybridized carbons (Fsp3) is 0.130. The molecule has 2 heterocycles. The molecular weight excluding hydrogens is 386 g/mol. The lowest BCUT2D eigenvalue weighted by Crippen LogP contribution is -2.22. The highest BCUT2D eigenvalue weighted by molar-refractivity contribution is 7.91. The number of rotatable bonds is 4. The number of para-hydroxylation sites is 1. The molecule has 0 bridgehead atoms. The van der Waals surface area contributed by atoms with Crippen LogP contribution in [-0.2, 0) is 22.8 Å². The smallest absolute Gasteiger partial charge is 0.206 e. The summed E-state index contributed by atoms with van der Waals surface area (Å²) in [5, 5.41) is 4.26. The van der Waals surface area contributed by atoms with Gasteiger partial charge in [-0.1, -0.05) is 18.2 Å². The van der Waals surface area contributed by atoms with Gasteiger partial charge in [-0.25, -0.2) is 8.42 Å². The van der Waals surface area contributed by atoms with Gasteiger partial charge in [-0.05, 0) is 61.5 Å². The molecule has 0 atom stereocenters. The van der Waals surface area contributed by atoms with Gasteiger partial charge in [0.25, 0.3) is 0 Å². The highest BCUT2D eigenvalue weighted by Gasteiger charge is 2.22. The van der Waals surface area contributed by atoms with Gasteiger partial charge in [0.05, 0.1) is 16.3 Å². The highest BCUT2D eigenvalue weighted by atomic mass is 32.2. The molecule has 146 valence electrons. The number of ether oxygens (including phenoxy) is 1. The van der Waals surface area contributed by atoms with Crippen LogP contribution in [0.2, 0.25) is 0 Å². The number of benzene rings is 3. The highest BCUT2D eigenvalue weighted by Crippen LogP contribution is 2.32. The normalized spacial score (nSPS) is 13.9. The van der Waals surface area contributed by atoms with Crippen LogP contribution in [0.5, 0.6) is 11.5 Å². The molecule has 1 aliphatic rings. The number of fused-ring (bicyclic) bond motifs is 3. The Hall–Kier alpha value is -3.09. The molecule has 0 amide bonds. The number of hydrogen-bond donors (Lipinski definition) is 1. The lowest BCUT2D eigenvalue weighted by atomic mass is 10.1. The number of sulfone groups is 1. The van der Waals surface area contributed by atoms with E-state index in [1.165, 1.54) is 5.56 Å². The van der Waals surface area contributed by atoms with Crippen LogP contribution in [0.4, 0.5) is 0 Å². The van der Waals surface area contributed by atoms with Gasteiger partial charge in [0.2, 0.25) is 9.84 Å². The lowest BCUT2D eigenvalue weighted by Gasteiger charge is -2.10. The Bertz CT molecular complexity index is 1280. The van der Waals surface area contributed by atoms with Gasteiger partial charge < -0.3 is 14.5 Å². The van der Waals surface area contributed by atoms with Crippen molar-refractivity contribution in [3.8, 4) is 11.5 Å². The zero-order valence-corrected chi connectivity index (χ0v) is 16.4. The third-order valence-corrected chi connectivity index (χ3v) is 6.88. The molecule has 0 radical (unpaired) electrons. The molecular formula is C23H19NO4S. The maximum absolute atomic E-state index is 13.1. The monoisotopic (exact) mass is 405 g/mol. The minimum absolute atomic E-state index is 0.218. The van der Waals surface area contributed by atoms with E-state index in [0.717, 1.165) is 24.1 Å². The van der Waals surface area contributed by atoms with Crippen LogP contribution in [0.3, 0.4) is 0 Å². The molecule has 0 fully saturated rings. The summed E-state index contributed by atoms with van der Waals surface area (Å²) in [5.41, 5.74) is 1.79. The Morgan fingerprint density at radius 3 is 2.38 bits per heavy atom. The molecule has 0 aliphatic carbocycles. The van der Waals surface area contributed by atoms with E-state index in [1.807, 2.05) is 36.4 Å². The molecule has 1 aromatic heterocycles. The van der Waals surface area contributed by atoms with Crippen molar-refractivity contribution in [3.05, 3.63) is 84.1 Å². The van der Waals surface area contributed by atoms with Gasteiger partial charge in [0, 0.05) is 17.0 Å². The predicted octanol–water partition coefficient (Wildman–Crippen LogP) is 4.70. The summed E-state index contributed by atoms with van der Waals surface area (Å²) in [7, 11) is -3.65. The zero-order chi connectivity index (χ0) is 19.8. The van der Waals surface area contributed by atoms with Crippen LogP contribution in [0.1, 0.15) is 11.3 Å². The molecule has 29 heavy (non-hydrogen) atoms. The minimum atomic E-state index is -3.65. The second-order valence-electron chi connectivity index (χ2n) is 6.98. The molecule has 1 aliphatic heterocycles. The van der Waals surface area contributed by atoms with Crippen LogP contribution in [0.25, 0.3) is 11.0 Å². The van der Waals surface area contributed by atoms with Gasteiger partial charge in [-0.2, -0.15) is 0 Å². The first-order chi connectivity index (χ1) is 14.1. The van der Waals surface area contributed by atoms with Gasteiger partial charge in [-0.15, -0.1) is 0 Å². The summed E-state index contributed by atoms with van der Waals surface area (Å²) < 4.78 is 37.8. The summed E-state index contributed by atoms with van der Waals surface area (Å²) in [6.07, 6.45) is 0.886. The van der Waals surface area contributed by atoms with Crippen molar-refractivity contribution < 1.29 is 17.6 Å². The van der Waals surface area contributed by atoms with Crippen LogP contribution in [0, 0.1) is 0 Å². The quantitative estimate of drug-likeness (QED) is 0.533. The Kier molecular flexibility index (Phi) is 4.38. The van der Waals surface area contributed by atoms with E-state index >= 15 is 0 Å². The molecule has 1 N–H and O–H groups in total. The van der Waals surface area contributed by atoms with E-state index in [-0.39, 0.29) is 9.79 Å². The van der Waals surface area contributed by atoms with Crippen molar-refractivity contribution in [1.29, 1.82) is 0 Å². The van der Waals surface area contributed by atoms with Crippen LogP contribution >= 0.6 is 0 Å². The topological polar surface area (TPSA) is 68.5 Å². The third kappa shape index (κ3) is 3.30. The van der Waals surface area contributed by atoms with E-state index in [4.69, 9.17) is 9.15 Å². The van der Waals surface area contributed by atoms with Crippen molar-refractivity contribution in [1.82, 2.24) is 5.32 Å². The summed E-state index contributed by atoms with van der Waals surface area (Å²) in [6, 6.07) is 20.9. The average Bonchev–Trinajstić information content (AvgIpc) is 3.13. The van der Waals surface area contributed by atoms with Crippen molar-refractivity contribution in [2.75, 3.05) is 6.54 Å². The van der Waals surface area contributed by atoms with E-state index in [1.54, 1.807) is 36.4 Å². The standard InChI is InChI=1S/C23H19NO4S/c25-29(26,18-8-6-17(7-9-18)27-16-4-2-1-3-5-16)19-10-11-20-21-12-13-24-15-23(21)28-22(20)14-19/h1-11,14,24H,12-13,15H2. The SMILES string of the molecule is O=S(=O)(c1ccc(Oc2ccccc2)cc1)c1ccc2c3c(oc2c1)CNCC3. The molecule has 0 saturated carbocycles. The summed E-state index contributed by atoms with van der Waals surface area (Å²) >= 11 is 0. The average molecular weight is 405 g/mol. The Labute approximate surface area is 168 Å². The molecule has 6 heteroatoms. The number of nitrogens with one attached hydrogen (secondary N) is 1. The third-order valence-electron chi connectivity index (χ3n) is 5.11. The number of hydrogen-bond acceptors (Lipinski definition) is 5. The van der Waals surface area contributed by atoms with E-state index < -0.39 is 9.84 Å². The zero-order valence-electron chi connectivity index (χ0n) is 15.6. The fourth-order valence-corrected chi connectivity index (χ4v) is 4.90. The predicted molar refractivity (Wildman–Crippen MR) is 110 cm³/mol. The molecule has 5 nitrogen and oxygen atoms in total. The lowest BCUT2D eigenvalue weighted by molar-refractivity contribution is 0.482. The van der Waals surface area contributed by atoms with Crippen LogP contribution < -0.4 is 10.1 Å². The fourth-order valence-electron chi connectivity index (χ4n) is 3.63. The van der Waals surface area contributed by atoms with Crippen LogP contribution in [-0.4, -0.2) is 15.0 Å². The van der Waals surface area contributed by atoms with Gasteiger partial charge in [0.1, 0.15) is 22.8 Å². The van der Waals surface area contributed by atoms with Crippen molar-refractivity contribution in [2.45, 2.75) is 22.8 Å². The van der Waals surface area contributed by atoms with Crippen LogP contribution in [0.15, 0.2) is 87.0 Å². The molecule has 0 saturated heterocycles. The first-order valence-electron chi connectivity index (χ1n) is 9.44. The first kappa shape index (κ1) is 18.0. The maximum atomic E-state index is 13.1. The van der Waals surface area contributed by atoms with E-state index in [2.05, 4.69) is 5.32 Å². The summed E-state index contributed by atoms with van der Waals surface area (Å²) in [5.74, 6) is 2.17. The molecule has 0 unspecified atom stereocenters. The van der Waals surface area contributed by atoms with Crippen molar-refractivity contribution >= 4 is 20.8 Å². The molecule has 5 rings (SSSR count). The van der Waals surface area contributed by atoms with E-state index in [9.17, 15) is 8.42 Å². The molecule has 4 aromatic rings. The Morgan fingerprint density at radius 1 is 0.862 bits per heavy atom. The Balaban J connectivity index is 1.45. The van der Waals surface area contributed by atoms with Crippen molar-refractivity contribution in [3.63, 3.8) is 0 Å². The summed E-state index contributed by atoms with van der Waals surface area (Å²) in [4.78, 5) is 0.441. The van der Waals surface area contributed by atoms with Crippen molar-refractivity contribution in [2.24, 2.45) is 0 Å². The Morgan fingerprint density at radius 2 is 1.59 bits per heavy atom. The van der Waals surface area contributed by atoms with E-state index in [0.29, 0.717) is 23.6 Å². The van der Waals surface area contributed by atoms with Gasteiger partial charge in [-0.3, -0.25) is 0 Å². The maximum Gasteiger partial charge on any atom is 0.206 e. The van der Waals surface area contributed by atoms with Gasteiger partial charge in [0.15, 0.2) is 0 Å². The molecule has 0 spiro atoms. The number of furan rings is 1. The summed E-state index contributed by atoms with van der Waals surface area (Å²) in [6.45, 7) is 1.58. The first-order valence-corrected chi connectivity index (χ1v) is 10.9.